The normalized spacial score (nSPS) is 21.4. The molecule has 0 aromatic heterocycles. The largest absolute Gasteiger partial charge is 0.607 e. The Bertz CT molecular complexity index is 3530. The van der Waals surface area contributed by atoms with Crippen LogP contribution < -0.4 is 4.89 Å². The summed E-state index contributed by atoms with van der Waals surface area (Å²) in [7, 11) is 0.735. The molecule has 0 bridgehead atoms. The summed E-state index contributed by atoms with van der Waals surface area (Å²) in [4.78, 5) is 116. The number of unbranched alkanes of at least 4 members (excludes halogenated alkanes) is 7. The van der Waals surface area contributed by atoms with Crippen molar-refractivity contribution in [2.24, 2.45) is 0 Å². The lowest BCUT2D eigenvalue weighted by Crippen LogP contribution is -2.67. The topological polar surface area (TPSA) is 263 Å². The predicted octanol–water partition coefficient (Wildman–Crippen LogP) is 11.0. The summed E-state index contributed by atoms with van der Waals surface area (Å²) in [5.74, 6) is -7.08. The van der Waals surface area contributed by atoms with Crippen molar-refractivity contribution in [2.75, 3.05) is 19.8 Å². The number of rotatable bonds is 31. The highest BCUT2D eigenvalue weighted by atomic mass is 31.2. The molecule has 0 aliphatic carbocycles. The summed E-state index contributed by atoms with van der Waals surface area (Å²) in [6.45, 7) is 0.255. The molecule has 11 atom stereocenters. The first kappa shape index (κ1) is 69.4. The number of benzene rings is 7. The minimum atomic E-state index is -5.01. The second-order valence-corrected chi connectivity index (χ2v) is 23.3. The first-order valence-electron chi connectivity index (χ1n) is 30.8. The number of carbonyl (C=O) groups is 7. The van der Waals surface area contributed by atoms with Gasteiger partial charge in [-0.05, 0) is 91.3 Å². The average Bonchev–Trinajstić information content (AvgIpc) is 0.765. The van der Waals surface area contributed by atoms with Gasteiger partial charge in [0.2, 0.25) is 6.29 Å². The Balaban J connectivity index is 1.19. The van der Waals surface area contributed by atoms with Gasteiger partial charge < -0.3 is 52.3 Å². The van der Waals surface area contributed by atoms with Gasteiger partial charge in [-0.15, -0.1) is 4.52 Å². The van der Waals surface area contributed by atoms with Crippen LogP contribution in [-0.2, 0) is 60.9 Å². The molecule has 9 rings (SSSR count). The monoisotopic (exact) mass is 1300 g/mol. The van der Waals surface area contributed by atoms with E-state index in [0.717, 1.165) is 38.5 Å². The molecule has 94 heavy (non-hydrogen) atoms. The third kappa shape index (κ3) is 19.6. The van der Waals surface area contributed by atoms with E-state index in [4.69, 9.17) is 68.9 Å². The zero-order chi connectivity index (χ0) is 66.1. The SMILES string of the molecule is [B]O[P+]([O-])(OCCCCCCCCCC)O[C@H]1O[C@H](COC(=O)c2ccccc2)[C@@H](O[C@@H]2O[C@H](COC(=O)c3ccccc3)[C@H](OC(=O)c3ccccc3)[C@H](OC(=O)c3ccccc3)[C@H]2OC(=O)c2ccccc2)[C@H](OC(=O)c2ccccc2)[C@@H]1OC(=O)c1ccccc1. The molecule has 0 saturated carbocycles. The molecule has 0 N–H and O–H groups in total. The second-order valence-electron chi connectivity index (χ2n) is 21.8. The molecule has 488 valence electrons. The Morgan fingerprint density at radius 3 is 1.02 bits per heavy atom. The van der Waals surface area contributed by atoms with Crippen molar-refractivity contribution < 1.29 is 99.3 Å². The van der Waals surface area contributed by atoms with E-state index < -0.39 is 125 Å². The van der Waals surface area contributed by atoms with Gasteiger partial charge in [-0.1, -0.05) is 179 Å². The van der Waals surface area contributed by atoms with Gasteiger partial charge in [-0.25, -0.2) is 33.6 Å². The smallest absolute Gasteiger partial charge is 0.365 e. The molecule has 2 fully saturated rings. The summed E-state index contributed by atoms with van der Waals surface area (Å²) in [6, 6.07) is 53.6. The average molecular weight is 1300 g/mol. The third-order valence-electron chi connectivity index (χ3n) is 15.1. The van der Waals surface area contributed by atoms with Crippen molar-refractivity contribution in [1.29, 1.82) is 0 Å². The van der Waals surface area contributed by atoms with Gasteiger partial charge >= 0.3 is 58.0 Å². The molecule has 2 radical (unpaired) electrons. The third-order valence-corrected chi connectivity index (χ3v) is 16.3. The predicted molar refractivity (Wildman–Crippen MR) is 337 cm³/mol. The van der Waals surface area contributed by atoms with E-state index in [1.807, 2.05) is 0 Å². The second kappa shape index (κ2) is 35.4. The van der Waals surface area contributed by atoms with Crippen molar-refractivity contribution >= 4 is 58.0 Å². The number of hydrogen-bond donors (Lipinski definition) is 0. The molecular formula is C71H70BO21P. The van der Waals surface area contributed by atoms with Gasteiger partial charge in [0.05, 0.1) is 45.6 Å². The Morgan fingerprint density at radius 2 is 0.660 bits per heavy atom. The van der Waals surface area contributed by atoms with Crippen LogP contribution in [0.1, 0.15) is 131 Å². The van der Waals surface area contributed by atoms with E-state index in [1.165, 1.54) is 84.9 Å². The lowest BCUT2D eigenvalue weighted by atomic mass is 9.95. The molecule has 21 nitrogen and oxygen atoms in total. The van der Waals surface area contributed by atoms with Gasteiger partial charge in [-0.2, -0.15) is 4.52 Å². The van der Waals surface area contributed by atoms with E-state index in [2.05, 4.69) is 6.92 Å². The Labute approximate surface area is 545 Å². The molecule has 1 unspecified atom stereocenters. The first-order valence-corrected chi connectivity index (χ1v) is 32.3. The highest BCUT2D eigenvalue weighted by Crippen LogP contribution is 2.55. The molecule has 2 aliphatic rings. The van der Waals surface area contributed by atoms with Crippen LogP contribution in [0.3, 0.4) is 0 Å². The lowest BCUT2D eigenvalue weighted by Gasteiger charge is -2.48. The summed E-state index contributed by atoms with van der Waals surface area (Å²) in [5.41, 5.74) is -0.00764. The minimum absolute atomic E-state index is 0.0122. The standard InChI is InChI=1S/C71H70BO21P/c1-2-3-4-5-6-7-8-30-45-83-94(80,93-72)92-71-62(90-69(79)54-43-28-15-29-44-54)60(88-67(77)52-39-24-13-25-40-52)58(56(85-71)47-82-64(74)49-33-18-10-19-34-49)91-70-61(89-68(78)53-41-26-14-27-42-53)59(87-66(76)51-37-22-12-23-38-51)57(86-65(75)50-35-20-11-21-36-50)55(84-70)46-81-63(73)48-31-16-9-17-32-48/h9-29,31-44,55-62,70-71H,2-8,30,45-47H2,1H3/t55-,56-,57+,58-,59+,60+,61-,62+,70+,71-,94?/m1/s1. The van der Waals surface area contributed by atoms with Crippen molar-refractivity contribution in [3.8, 4) is 0 Å². The quantitative estimate of drug-likeness (QED) is 0.0128. The zero-order valence-electron chi connectivity index (χ0n) is 51.4. The van der Waals surface area contributed by atoms with E-state index in [1.54, 1.807) is 127 Å². The van der Waals surface area contributed by atoms with Crippen LogP contribution >= 0.6 is 8.17 Å². The molecule has 0 spiro atoms. The Hall–Kier alpha value is -8.96. The molecule has 2 saturated heterocycles. The fraction of sp³-hybridized carbons (Fsp3) is 0.310. The summed E-state index contributed by atoms with van der Waals surface area (Å²) in [5, 5.41) is 0. The number of ether oxygens (including phenoxy) is 10. The zero-order valence-corrected chi connectivity index (χ0v) is 52.3. The van der Waals surface area contributed by atoms with E-state index >= 15 is 0 Å². The van der Waals surface area contributed by atoms with E-state index in [-0.39, 0.29) is 45.6 Å². The van der Waals surface area contributed by atoms with Crippen molar-refractivity contribution in [1.82, 2.24) is 0 Å². The van der Waals surface area contributed by atoms with Crippen molar-refractivity contribution in [3.05, 3.63) is 251 Å². The van der Waals surface area contributed by atoms with Gasteiger partial charge in [0.1, 0.15) is 31.5 Å². The van der Waals surface area contributed by atoms with Gasteiger partial charge in [-0.3, -0.25) is 4.44 Å². The van der Waals surface area contributed by atoms with Crippen LogP contribution in [0.2, 0.25) is 0 Å². The van der Waals surface area contributed by atoms with Crippen LogP contribution in [0, 0.1) is 0 Å². The molecule has 7 aromatic rings. The highest BCUT2D eigenvalue weighted by molar-refractivity contribution is 7.54. The maximum absolute atomic E-state index is 14.9. The van der Waals surface area contributed by atoms with Crippen LogP contribution in [0.4, 0.5) is 0 Å². The van der Waals surface area contributed by atoms with Crippen molar-refractivity contribution in [3.63, 3.8) is 0 Å². The van der Waals surface area contributed by atoms with Gasteiger partial charge in [0, 0.05) is 0 Å². The maximum Gasteiger partial charge on any atom is 0.365 e. The number of esters is 7. The first-order chi connectivity index (χ1) is 45.8. The summed E-state index contributed by atoms with van der Waals surface area (Å²) >= 11 is 0. The number of phosphoric acid groups is 1. The van der Waals surface area contributed by atoms with Gasteiger partial charge in [0.15, 0.2) is 36.8 Å². The number of hydrogen-bond acceptors (Lipinski definition) is 21. The van der Waals surface area contributed by atoms with Crippen LogP contribution in [0.5, 0.6) is 0 Å². The minimum Gasteiger partial charge on any atom is -0.607 e. The fourth-order valence-electron chi connectivity index (χ4n) is 10.3. The van der Waals surface area contributed by atoms with Crippen LogP contribution in [0.25, 0.3) is 0 Å². The van der Waals surface area contributed by atoms with Crippen LogP contribution in [-0.4, -0.2) is 131 Å². The lowest BCUT2D eigenvalue weighted by molar-refractivity contribution is -0.356. The summed E-state index contributed by atoms with van der Waals surface area (Å²) in [6.07, 6.45) is -13.0. The number of phosphoric ester groups is 1. The van der Waals surface area contributed by atoms with Crippen LogP contribution in [0.15, 0.2) is 212 Å². The highest BCUT2D eigenvalue weighted by Gasteiger charge is 2.60. The van der Waals surface area contributed by atoms with Gasteiger partial charge in [0.25, 0.3) is 0 Å². The summed E-state index contributed by atoms with van der Waals surface area (Å²) < 4.78 is 80.8. The van der Waals surface area contributed by atoms with Crippen molar-refractivity contribution in [2.45, 2.75) is 120 Å². The molecular weight excluding hydrogens is 1230 g/mol. The Kier molecular flexibility index (Phi) is 26.1. The molecule has 2 heterocycles. The molecule has 7 aromatic carbocycles. The molecule has 23 heteroatoms. The van der Waals surface area contributed by atoms with E-state index in [0.29, 0.717) is 12.8 Å². The number of carbonyl (C=O) groups excluding carboxylic acids is 7. The molecule has 0 amide bonds. The molecule has 2 aliphatic heterocycles. The Morgan fingerprint density at radius 1 is 0.372 bits per heavy atom. The fourth-order valence-corrected chi connectivity index (χ4v) is 11.2. The van der Waals surface area contributed by atoms with E-state index in [9.17, 15) is 38.5 Å². The maximum atomic E-state index is 14.9.